The Kier molecular flexibility index (Phi) is 5.08. The smallest absolute Gasteiger partial charge is 0.273 e. The Bertz CT molecular complexity index is 639. The Balaban J connectivity index is 1.47. The number of oxazole rings is 1. The number of amides is 1. The number of likely N-dealkylation sites (tertiary alicyclic amines) is 1. The molecule has 3 rings (SSSR count). The number of rotatable bonds is 5. The van der Waals surface area contributed by atoms with E-state index in [4.69, 9.17) is 4.42 Å². The van der Waals surface area contributed by atoms with E-state index < -0.39 is 0 Å². The minimum Gasteiger partial charge on any atom is -0.448 e. The molecule has 0 radical (unpaired) electrons. The van der Waals surface area contributed by atoms with Crippen LogP contribution in [0.4, 0.5) is 0 Å². The third-order valence-corrected chi connectivity index (χ3v) is 4.45. The van der Waals surface area contributed by atoms with Crippen LogP contribution in [0, 0.1) is 6.92 Å². The van der Waals surface area contributed by atoms with E-state index in [0.29, 0.717) is 23.9 Å². The summed E-state index contributed by atoms with van der Waals surface area (Å²) < 4.78 is 5.06. The van der Waals surface area contributed by atoms with Gasteiger partial charge in [0, 0.05) is 19.6 Å². The molecule has 1 saturated heterocycles. The van der Waals surface area contributed by atoms with E-state index in [-0.39, 0.29) is 5.91 Å². The molecule has 1 aromatic carbocycles. The van der Waals surface area contributed by atoms with Crippen molar-refractivity contribution in [1.29, 1.82) is 0 Å². The van der Waals surface area contributed by atoms with E-state index in [2.05, 4.69) is 45.5 Å². The van der Waals surface area contributed by atoms with Crippen LogP contribution < -0.4 is 5.32 Å². The molecule has 0 unspecified atom stereocenters. The molecular weight excluding hydrogens is 290 g/mol. The number of benzene rings is 1. The van der Waals surface area contributed by atoms with Crippen molar-refractivity contribution in [2.24, 2.45) is 0 Å². The van der Waals surface area contributed by atoms with E-state index in [9.17, 15) is 4.79 Å². The average Bonchev–Trinajstić information content (AvgIpc) is 3.02. The summed E-state index contributed by atoms with van der Waals surface area (Å²) in [7, 11) is 0. The van der Waals surface area contributed by atoms with Crippen molar-refractivity contribution in [3.05, 3.63) is 53.7 Å². The molecule has 0 spiro atoms. The third-order valence-electron chi connectivity index (χ3n) is 4.45. The fraction of sp³-hybridized carbons (Fsp3) is 0.444. The monoisotopic (exact) mass is 313 g/mol. The van der Waals surface area contributed by atoms with Crippen molar-refractivity contribution in [3.63, 3.8) is 0 Å². The van der Waals surface area contributed by atoms with Crippen molar-refractivity contribution in [1.82, 2.24) is 15.2 Å². The minimum absolute atomic E-state index is 0.159. The second-order valence-electron chi connectivity index (χ2n) is 6.06. The molecule has 23 heavy (non-hydrogen) atoms. The molecule has 2 heterocycles. The maximum atomic E-state index is 12.0. The number of aryl methyl sites for hydroxylation is 1. The van der Waals surface area contributed by atoms with E-state index in [1.165, 1.54) is 24.8 Å². The van der Waals surface area contributed by atoms with Gasteiger partial charge in [-0.2, -0.15) is 0 Å². The van der Waals surface area contributed by atoms with Gasteiger partial charge in [0.2, 0.25) is 0 Å². The highest BCUT2D eigenvalue weighted by molar-refractivity contribution is 5.92. The Labute approximate surface area is 136 Å². The highest BCUT2D eigenvalue weighted by Crippen LogP contribution is 2.26. The molecule has 5 heteroatoms. The second kappa shape index (κ2) is 7.42. The molecular formula is C18H23N3O2. The van der Waals surface area contributed by atoms with Gasteiger partial charge in [-0.1, -0.05) is 30.3 Å². The molecule has 0 bridgehead atoms. The Morgan fingerprint density at radius 3 is 2.96 bits per heavy atom. The Morgan fingerprint density at radius 2 is 2.22 bits per heavy atom. The molecule has 0 saturated carbocycles. The molecule has 1 N–H and O–H groups in total. The average molecular weight is 313 g/mol. The van der Waals surface area contributed by atoms with Gasteiger partial charge in [-0.3, -0.25) is 4.79 Å². The van der Waals surface area contributed by atoms with Crippen molar-refractivity contribution >= 4 is 5.91 Å². The fourth-order valence-electron chi connectivity index (χ4n) is 3.19. The Hall–Kier alpha value is -2.14. The first-order valence-electron chi connectivity index (χ1n) is 8.19. The summed E-state index contributed by atoms with van der Waals surface area (Å²) in [5, 5.41) is 2.92. The zero-order valence-corrected chi connectivity index (χ0v) is 13.5. The van der Waals surface area contributed by atoms with E-state index in [0.717, 1.165) is 19.6 Å². The predicted molar refractivity (Wildman–Crippen MR) is 88.4 cm³/mol. The van der Waals surface area contributed by atoms with Gasteiger partial charge < -0.3 is 14.6 Å². The zero-order valence-electron chi connectivity index (χ0n) is 13.5. The van der Waals surface area contributed by atoms with Gasteiger partial charge in [0.25, 0.3) is 5.91 Å². The number of hydrogen-bond donors (Lipinski definition) is 1. The predicted octanol–water partition coefficient (Wildman–Crippen LogP) is 2.59. The molecule has 2 aromatic rings. The Morgan fingerprint density at radius 1 is 1.39 bits per heavy atom. The SMILES string of the molecule is Cc1ocnc1C(=O)NCCN1CCC[C@H](c2ccccc2)C1. The maximum absolute atomic E-state index is 12.0. The van der Waals surface area contributed by atoms with E-state index in [1.54, 1.807) is 6.92 Å². The standard InChI is InChI=1S/C18H23N3O2/c1-14-17(20-13-23-14)18(22)19-9-11-21-10-5-8-16(12-21)15-6-3-2-4-7-15/h2-4,6-7,13,16H,5,8-12H2,1H3,(H,19,22)/t16-/m0/s1. The molecule has 1 atom stereocenters. The molecule has 1 fully saturated rings. The van der Waals surface area contributed by atoms with E-state index >= 15 is 0 Å². The first-order valence-corrected chi connectivity index (χ1v) is 8.19. The van der Waals surface area contributed by atoms with Crippen LogP contribution >= 0.6 is 0 Å². The summed E-state index contributed by atoms with van der Waals surface area (Å²) in [5.41, 5.74) is 1.80. The highest BCUT2D eigenvalue weighted by atomic mass is 16.3. The van der Waals surface area contributed by atoms with Crippen molar-refractivity contribution in [2.75, 3.05) is 26.2 Å². The number of piperidine rings is 1. The normalized spacial score (nSPS) is 18.7. The summed E-state index contributed by atoms with van der Waals surface area (Å²) in [6.45, 7) is 5.40. The lowest BCUT2D eigenvalue weighted by Gasteiger charge is -2.33. The molecule has 1 aliphatic rings. The highest BCUT2D eigenvalue weighted by Gasteiger charge is 2.21. The van der Waals surface area contributed by atoms with Crippen molar-refractivity contribution in [2.45, 2.75) is 25.7 Å². The molecule has 5 nitrogen and oxygen atoms in total. The first-order chi connectivity index (χ1) is 11.2. The molecule has 122 valence electrons. The molecule has 1 aromatic heterocycles. The van der Waals surface area contributed by atoms with Crippen LogP contribution in [0.1, 0.15) is 40.6 Å². The molecule has 1 amide bonds. The fourth-order valence-corrected chi connectivity index (χ4v) is 3.19. The van der Waals surface area contributed by atoms with Gasteiger partial charge in [0.05, 0.1) is 0 Å². The number of nitrogens with zero attached hydrogens (tertiary/aromatic N) is 2. The molecule has 1 aliphatic heterocycles. The van der Waals surface area contributed by atoms with E-state index in [1.807, 2.05) is 0 Å². The lowest BCUT2D eigenvalue weighted by atomic mass is 9.91. The topological polar surface area (TPSA) is 58.4 Å². The van der Waals surface area contributed by atoms with Crippen LogP contribution in [0.5, 0.6) is 0 Å². The van der Waals surface area contributed by atoms with Crippen LogP contribution in [-0.2, 0) is 0 Å². The number of carbonyl (C=O) groups excluding carboxylic acids is 1. The van der Waals surface area contributed by atoms with Crippen LogP contribution in [0.3, 0.4) is 0 Å². The second-order valence-corrected chi connectivity index (χ2v) is 6.06. The van der Waals surface area contributed by atoms with Crippen LogP contribution in [0.15, 0.2) is 41.1 Å². The van der Waals surface area contributed by atoms with Gasteiger partial charge >= 0.3 is 0 Å². The van der Waals surface area contributed by atoms with Crippen molar-refractivity contribution < 1.29 is 9.21 Å². The lowest BCUT2D eigenvalue weighted by Crippen LogP contribution is -2.40. The lowest BCUT2D eigenvalue weighted by molar-refractivity contribution is 0.0939. The number of carbonyl (C=O) groups is 1. The van der Waals surface area contributed by atoms with Gasteiger partial charge in [-0.25, -0.2) is 4.98 Å². The number of hydrogen-bond acceptors (Lipinski definition) is 4. The summed E-state index contributed by atoms with van der Waals surface area (Å²) in [4.78, 5) is 18.4. The van der Waals surface area contributed by atoms with Crippen molar-refractivity contribution in [3.8, 4) is 0 Å². The third kappa shape index (κ3) is 3.99. The first kappa shape index (κ1) is 15.7. The minimum atomic E-state index is -0.159. The maximum Gasteiger partial charge on any atom is 0.273 e. The zero-order chi connectivity index (χ0) is 16.1. The van der Waals surface area contributed by atoms with Crippen LogP contribution in [0.2, 0.25) is 0 Å². The summed E-state index contributed by atoms with van der Waals surface area (Å²) in [6, 6.07) is 10.7. The van der Waals surface area contributed by atoms with Crippen LogP contribution in [0.25, 0.3) is 0 Å². The largest absolute Gasteiger partial charge is 0.448 e. The summed E-state index contributed by atoms with van der Waals surface area (Å²) in [5.74, 6) is 0.996. The van der Waals surface area contributed by atoms with Gasteiger partial charge in [-0.05, 0) is 37.8 Å². The van der Waals surface area contributed by atoms with Gasteiger partial charge in [0.1, 0.15) is 5.76 Å². The number of nitrogens with one attached hydrogen (secondary N) is 1. The van der Waals surface area contributed by atoms with Gasteiger partial charge in [-0.15, -0.1) is 0 Å². The quantitative estimate of drug-likeness (QED) is 0.922. The van der Waals surface area contributed by atoms with Gasteiger partial charge in [0.15, 0.2) is 12.1 Å². The van der Waals surface area contributed by atoms with Crippen LogP contribution in [-0.4, -0.2) is 42.0 Å². The summed E-state index contributed by atoms with van der Waals surface area (Å²) >= 11 is 0. The summed E-state index contributed by atoms with van der Waals surface area (Å²) in [6.07, 6.45) is 3.75. The number of aromatic nitrogens is 1. The molecule has 0 aliphatic carbocycles.